The second-order valence-corrected chi connectivity index (χ2v) is 3.84. The SMILES string of the molecule is CC(C)C[C@H](NC(C)C)C(=O)O. The summed E-state index contributed by atoms with van der Waals surface area (Å²) in [7, 11) is 0. The summed E-state index contributed by atoms with van der Waals surface area (Å²) in [6.45, 7) is 7.96. The van der Waals surface area contributed by atoms with Crippen LogP contribution in [0.15, 0.2) is 0 Å². The van der Waals surface area contributed by atoms with Gasteiger partial charge in [0.2, 0.25) is 0 Å². The van der Waals surface area contributed by atoms with Crippen molar-refractivity contribution in [1.82, 2.24) is 5.32 Å². The number of carboxylic acid groups (broad SMARTS) is 1. The normalized spacial score (nSPS) is 13.8. The van der Waals surface area contributed by atoms with Crippen LogP contribution in [0.3, 0.4) is 0 Å². The molecule has 0 aromatic rings. The Labute approximate surface area is 74.2 Å². The van der Waals surface area contributed by atoms with Crippen LogP contribution < -0.4 is 5.32 Å². The molecule has 12 heavy (non-hydrogen) atoms. The summed E-state index contributed by atoms with van der Waals surface area (Å²) < 4.78 is 0. The Morgan fingerprint density at radius 2 is 1.83 bits per heavy atom. The summed E-state index contributed by atoms with van der Waals surface area (Å²) in [4.78, 5) is 10.7. The lowest BCUT2D eigenvalue weighted by molar-refractivity contribution is -0.140. The first-order valence-electron chi connectivity index (χ1n) is 4.42. The Bertz CT molecular complexity index is 133. The van der Waals surface area contributed by atoms with Crippen molar-refractivity contribution in [2.75, 3.05) is 0 Å². The Balaban J connectivity index is 3.96. The van der Waals surface area contributed by atoms with Crippen molar-refractivity contribution in [2.45, 2.75) is 46.2 Å². The van der Waals surface area contributed by atoms with E-state index in [2.05, 4.69) is 5.32 Å². The molecule has 0 amide bonds. The van der Waals surface area contributed by atoms with Crippen LogP contribution in [0.5, 0.6) is 0 Å². The minimum Gasteiger partial charge on any atom is -0.480 e. The number of nitrogens with one attached hydrogen (secondary N) is 1. The summed E-state index contributed by atoms with van der Waals surface area (Å²) in [5, 5.41) is 11.8. The van der Waals surface area contributed by atoms with E-state index in [4.69, 9.17) is 5.11 Å². The Morgan fingerprint density at radius 1 is 1.33 bits per heavy atom. The average molecular weight is 173 g/mol. The quantitative estimate of drug-likeness (QED) is 0.662. The van der Waals surface area contributed by atoms with Gasteiger partial charge in [0.1, 0.15) is 6.04 Å². The molecule has 0 bridgehead atoms. The maximum atomic E-state index is 10.7. The van der Waals surface area contributed by atoms with Crippen LogP contribution in [0.1, 0.15) is 34.1 Å². The van der Waals surface area contributed by atoms with Crippen LogP contribution in [0.25, 0.3) is 0 Å². The molecule has 0 aromatic carbocycles. The molecule has 0 radical (unpaired) electrons. The van der Waals surface area contributed by atoms with Gasteiger partial charge < -0.3 is 10.4 Å². The van der Waals surface area contributed by atoms with Crippen molar-refractivity contribution in [3.8, 4) is 0 Å². The predicted octanol–water partition coefficient (Wildman–Crippen LogP) is 1.48. The Morgan fingerprint density at radius 3 is 2.08 bits per heavy atom. The Hall–Kier alpha value is -0.570. The molecule has 3 nitrogen and oxygen atoms in total. The predicted molar refractivity (Wildman–Crippen MR) is 49.2 cm³/mol. The summed E-state index contributed by atoms with van der Waals surface area (Å²) in [5.41, 5.74) is 0. The zero-order valence-electron chi connectivity index (χ0n) is 8.29. The van der Waals surface area contributed by atoms with E-state index >= 15 is 0 Å². The van der Waals surface area contributed by atoms with Crippen molar-refractivity contribution >= 4 is 5.97 Å². The number of hydrogen-bond donors (Lipinski definition) is 2. The number of carboxylic acids is 1. The molecule has 1 atom stereocenters. The smallest absolute Gasteiger partial charge is 0.320 e. The van der Waals surface area contributed by atoms with Gasteiger partial charge in [-0.1, -0.05) is 27.7 Å². The Kier molecular flexibility index (Phi) is 4.90. The minimum absolute atomic E-state index is 0.227. The molecule has 0 aliphatic rings. The fourth-order valence-corrected chi connectivity index (χ4v) is 1.11. The van der Waals surface area contributed by atoms with Gasteiger partial charge in [-0.25, -0.2) is 0 Å². The van der Waals surface area contributed by atoms with Gasteiger partial charge in [-0.15, -0.1) is 0 Å². The van der Waals surface area contributed by atoms with Gasteiger partial charge in [-0.05, 0) is 12.3 Å². The maximum Gasteiger partial charge on any atom is 0.320 e. The van der Waals surface area contributed by atoms with E-state index in [-0.39, 0.29) is 6.04 Å². The van der Waals surface area contributed by atoms with Crippen LogP contribution in [0.2, 0.25) is 0 Å². The zero-order valence-corrected chi connectivity index (χ0v) is 8.29. The molecule has 0 aromatic heterocycles. The average Bonchev–Trinajstić information content (AvgIpc) is 1.83. The van der Waals surface area contributed by atoms with E-state index in [1.165, 1.54) is 0 Å². The molecule has 3 heteroatoms. The fourth-order valence-electron chi connectivity index (χ4n) is 1.11. The first-order chi connectivity index (χ1) is 5.43. The molecule has 0 unspecified atom stereocenters. The molecule has 0 saturated heterocycles. The molecular weight excluding hydrogens is 154 g/mol. The highest BCUT2D eigenvalue weighted by molar-refractivity contribution is 5.73. The van der Waals surface area contributed by atoms with E-state index in [1.807, 2.05) is 27.7 Å². The molecule has 2 N–H and O–H groups in total. The van der Waals surface area contributed by atoms with Gasteiger partial charge in [0.15, 0.2) is 0 Å². The lowest BCUT2D eigenvalue weighted by Gasteiger charge is -2.18. The van der Waals surface area contributed by atoms with Crippen molar-refractivity contribution in [1.29, 1.82) is 0 Å². The van der Waals surface area contributed by atoms with E-state index in [0.29, 0.717) is 12.3 Å². The minimum atomic E-state index is -0.752. The first-order valence-corrected chi connectivity index (χ1v) is 4.42. The highest BCUT2D eigenvalue weighted by Crippen LogP contribution is 2.05. The zero-order chi connectivity index (χ0) is 9.72. The van der Waals surface area contributed by atoms with Crippen molar-refractivity contribution in [2.24, 2.45) is 5.92 Å². The van der Waals surface area contributed by atoms with Gasteiger partial charge in [-0.2, -0.15) is 0 Å². The summed E-state index contributed by atoms with van der Waals surface area (Å²) in [6, 6.07) is -0.171. The largest absolute Gasteiger partial charge is 0.480 e. The topological polar surface area (TPSA) is 49.3 Å². The number of carbonyl (C=O) groups is 1. The monoisotopic (exact) mass is 173 g/mol. The molecule has 0 spiro atoms. The summed E-state index contributed by atoms with van der Waals surface area (Å²) in [6.07, 6.45) is 0.688. The molecule has 0 aliphatic heterocycles. The highest BCUT2D eigenvalue weighted by atomic mass is 16.4. The van der Waals surface area contributed by atoms with Crippen LogP contribution in [0.4, 0.5) is 0 Å². The van der Waals surface area contributed by atoms with Crippen LogP contribution in [-0.2, 0) is 4.79 Å². The third kappa shape index (κ3) is 5.13. The maximum absolute atomic E-state index is 10.7. The second kappa shape index (κ2) is 5.14. The summed E-state index contributed by atoms with van der Waals surface area (Å²) >= 11 is 0. The van der Waals surface area contributed by atoms with Gasteiger partial charge in [0.25, 0.3) is 0 Å². The lowest BCUT2D eigenvalue weighted by atomic mass is 10.0. The van der Waals surface area contributed by atoms with Crippen LogP contribution >= 0.6 is 0 Å². The molecule has 0 saturated carbocycles. The van der Waals surface area contributed by atoms with E-state index < -0.39 is 12.0 Å². The molecular formula is C9H19NO2. The number of aliphatic carboxylic acids is 1. The van der Waals surface area contributed by atoms with Crippen LogP contribution in [-0.4, -0.2) is 23.2 Å². The molecule has 72 valence electrons. The highest BCUT2D eigenvalue weighted by Gasteiger charge is 2.18. The molecule has 0 aliphatic carbocycles. The third-order valence-electron chi connectivity index (χ3n) is 1.54. The molecule has 0 heterocycles. The van der Waals surface area contributed by atoms with Gasteiger partial charge in [-0.3, -0.25) is 4.79 Å². The van der Waals surface area contributed by atoms with Gasteiger partial charge >= 0.3 is 5.97 Å². The van der Waals surface area contributed by atoms with Crippen molar-refractivity contribution in [3.05, 3.63) is 0 Å². The van der Waals surface area contributed by atoms with Gasteiger partial charge in [0, 0.05) is 6.04 Å². The first kappa shape index (κ1) is 11.4. The lowest BCUT2D eigenvalue weighted by Crippen LogP contribution is -2.41. The van der Waals surface area contributed by atoms with E-state index in [9.17, 15) is 4.79 Å². The van der Waals surface area contributed by atoms with Crippen LogP contribution in [0, 0.1) is 5.92 Å². The van der Waals surface area contributed by atoms with E-state index in [1.54, 1.807) is 0 Å². The summed E-state index contributed by atoms with van der Waals surface area (Å²) in [5.74, 6) is -0.338. The van der Waals surface area contributed by atoms with E-state index in [0.717, 1.165) is 0 Å². The van der Waals surface area contributed by atoms with Crippen molar-refractivity contribution in [3.63, 3.8) is 0 Å². The second-order valence-electron chi connectivity index (χ2n) is 3.84. The third-order valence-corrected chi connectivity index (χ3v) is 1.54. The number of rotatable bonds is 5. The number of hydrogen-bond acceptors (Lipinski definition) is 2. The molecule has 0 fully saturated rings. The van der Waals surface area contributed by atoms with Crippen molar-refractivity contribution < 1.29 is 9.90 Å². The fraction of sp³-hybridized carbons (Fsp3) is 0.889. The van der Waals surface area contributed by atoms with Gasteiger partial charge in [0.05, 0.1) is 0 Å². The molecule has 0 rings (SSSR count). The standard InChI is InChI=1S/C9H19NO2/c1-6(2)5-8(9(11)12)10-7(3)4/h6-8,10H,5H2,1-4H3,(H,11,12)/t8-/m0/s1.